The molecule has 0 spiro atoms. The highest BCUT2D eigenvalue weighted by Crippen LogP contribution is 2.36. The summed E-state index contributed by atoms with van der Waals surface area (Å²) in [5, 5.41) is 11.7. The van der Waals surface area contributed by atoms with Gasteiger partial charge >= 0.3 is 5.69 Å². The fourth-order valence-electron chi connectivity index (χ4n) is 4.63. The number of aromatic nitrogens is 2. The van der Waals surface area contributed by atoms with Crippen molar-refractivity contribution in [2.75, 3.05) is 0 Å². The standard InChI is InChI=1S/C30H24N2O3/c33-28-26(25(21-13-5-1-6-14-21)22-15-7-2-8-16-22)29(34)32(30(35)31-28)27(23-17-9-3-10-18-23)24-19-11-4-12-20-24/h1-20,25,27,34H,(H,31,33,35). The number of nitrogens with zero attached hydrogens (tertiary/aromatic N) is 1. The van der Waals surface area contributed by atoms with E-state index in [0.717, 1.165) is 22.3 Å². The topological polar surface area (TPSA) is 75.1 Å². The minimum atomic E-state index is -0.672. The maximum atomic E-state index is 13.3. The van der Waals surface area contributed by atoms with E-state index in [1.54, 1.807) is 0 Å². The van der Waals surface area contributed by atoms with Gasteiger partial charge in [-0.1, -0.05) is 121 Å². The highest BCUT2D eigenvalue weighted by Gasteiger charge is 2.29. The maximum absolute atomic E-state index is 13.3. The van der Waals surface area contributed by atoms with Gasteiger partial charge in [0, 0.05) is 5.92 Å². The maximum Gasteiger partial charge on any atom is 0.332 e. The summed E-state index contributed by atoms with van der Waals surface area (Å²) >= 11 is 0. The third-order valence-corrected chi connectivity index (χ3v) is 6.20. The number of aromatic hydroxyl groups is 1. The van der Waals surface area contributed by atoms with Crippen LogP contribution in [0.1, 0.15) is 39.8 Å². The molecule has 1 aromatic heterocycles. The Morgan fingerprint density at radius 1 is 0.571 bits per heavy atom. The predicted molar refractivity (Wildman–Crippen MR) is 137 cm³/mol. The van der Waals surface area contributed by atoms with Crippen molar-refractivity contribution in [1.29, 1.82) is 0 Å². The van der Waals surface area contributed by atoms with Gasteiger partial charge < -0.3 is 5.11 Å². The van der Waals surface area contributed by atoms with Gasteiger partial charge in [0.1, 0.15) is 0 Å². The van der Waals surface area contributed by atoms with Crippen LogP contribution in [0.25, 0.3) is 0 Å². The van der Waals surface area contributed by atoms with Crippen LogP contribution in [0, 0.1) is 0 Å². The van der Waals surface area contributed by atoms with Gasteiger partial charge in [0.2, 0.25) is 5.88 Å². The SMILES string of the molecule is O=c1[nH]c(=O)n(C(c2ccccc2)c2ccccc2)c(O)c1C(c1ccccc1)c1ccccc1. The van der Waals surface area contributed by atoms with Crippen LogP contribution >= 0.6 is 0 Å². The molecule has 0 amide bonds. The smallest absolute Gasteiger partial charge is 0.332 e. The van der Waals surface area contributed by atoms with Crippen LogP contribution < -0.4 is 11.2 Å². The zero-order chi connectivity index (χ0) is 24.2. The largest absolute Gasteiger partial charge is 0.494 e. The Bertz CT molecular complexity index is 1330. The molecule has 172 valence electrons. The minimum absolute atomic E-state index is 0.124. The monoisotopic (exact) mass is 460 g/mol. The summed E-state index contributed by atoms with van der Waals surface area (Å²) in [6.45, 7) is 0. The molecule has 5 aromatic rings. The lowest BCUT2D eigenvalue weighted by Gasteiger charge is -2.25. The van der Waals surface area contributed by atoms with E-state index in [2.05, 4.69) is 4.98 Å². The first-order chi connectivity index (χ1) is 17.1. The lowest BCUT2D eigenvalue weighted by atomic mass is 9.86. The summed E-state index contributed by atoms with van der Waals surface area (Å²) in [4.78, 5) is 29.0. The number of benzene rings is 4. The van der Waals surface area contributed by atoms with Crippen LogP contribution in [0.3, 0.4) is 0 Å². The third kappa shape index (κ3) is 4.32. The van der Waals surface area contributed by atoms with Gasteiger partial charge in [0.05, 0.1) is 11.6 Å². The predicted octanol–water partition coefficient (Wildman–Crippen LogP) is 5.06. The van der Waals surface area contributed by atoms with Crippen LogP contribution in [0.5, 0.6) is 5.88 Å². The van der Waals surface area contributed by atoms with Gasteiger partial charge in [0.15, 0.2) is 0 Å². The average Bonchev–Trinajstić information content (AvgIpc) is 2.91. The van der Waals surface area contributed by atoms with Gasteiger partial charge in [0.25, 0.3) is 5.56 Å². The summed E-state index contributed by atoms with van der Waals surface area (Å²) in [5.41, 5.74) is 2.13. The normalized spacial score (nSPS) is 11.1. The highest BCUT2D eigenvalue weighted by atomic mass is 16.3. The number of rotatable bonds is 6. The van der Waals surface area contributed by atoms with E-state index in [0.29, 0.717) is 0 Å². The van der Waals surface area contributed by atoms with Gasteiger partial charge in [-0.25, -0.2) is 4.79 Å². The number of hydrogen-bond acceptors (Lipinski definition) is 3. The van der Waals surface area contributed by atoms with Gasteiger partial charge in [-0.2, -0.15) is 0 Å². The van der Waals surface area contributed by atoms with E-state index in [4.69, 9.17) is 0 Å². The number of H-pyrrole nitrogens is 1. The first-order valence-electron chi connectivity index (χ1n) is 11.4. The molecule has 0 radical (unpaired) electrons. The molecule has 2 N–H and O–H groups in total. The molecule has 5 nitrogen and oxygen atoms in total. The van der Waals surface area contributed by atoms with Gasteiger partial charge in [-0.15, -0.1) is 0 Å². The first-order valence-corrected chi connectivity index (χ1v) is 11.4. The van der Waals surface area contributed by atoms with E-state index in [1.165, 1.54) is 4.57 Å². The van der Waals surface area contributed by atoms with Crippen LogP contribution in [-0.4, -0.2) is 14.7 Å². The molecule has 5 heteroatoms. The van der Waals surface area contributed by atoms with E-state index >= 15 is 0 Å². The van der Waals surface area contributed by atoms with E-state index < -0.39 is 23.2 Å². The fourth-order valence-corrected chi connectivity index (χ4v) is 4.63. The van der Waals surface area contributed by atoms with Crippen molar-refractivity contribution in [1.82, 2.24) is 9.55 Å². The number of aromatic amines is 1. The highest BCUT2D eigenvalue weighted by molar-refractivity contribution is 5.47. The first kappa shape index (κ1) is 22.2. The lowest BCUT2D eigenvalue weighted by Crippen LogP contribution is -2.36. The molecule has 35 heavy (non-hydrogen) atoms. The van der Waals surface area contributed by atoms with Crippen molar-refractivity contribution in [3.63, 3.8) is 0 Å². The Morgan fingerprint density at radius 3 is 1.34 bits per heavy atom. The molecular weight excluding hydrogens is 436 g/mol. The molecule has 0 fully saturated rings. The Hall–Kier alpha value is -4.64. The van der Waals surface area contributed by atoms with Crippen molar-refractivity contribution in [2.45, 2.75) is 12.0 Å². The molecule has 0 aliphatic rings. The molecular formula is C30H24N2O3. The van der Waals surface area contributed by atoms with Crippen molar-refractivity contribution in [2.24, 2.45) is 0 Å². The van der Waals surface area contributed by atoms with Crippen molar-refractivity contribution < 1.29 is 5.11 Å². The summed E-state index contributed by atoms with van der Waals surface area (Å²) < 4.78 is 1.28. The van der Waals surface area contributed by atoms with E-state index in [-0.39, 0.29) is 11.4 Å². The number of hydrogen-bond donors (Lipinski definition) is 2. The zero-order valence-electron chi connectivity index (χ0n) is 18.9. The van der Waals surface area contributed by atoms with Crippen molar-refractivity contribution in [3.05, 3.63) is 170 Å². The molecule has 1 heterocycles. The van der Waals surface area contributed by atoms with Crippen molar-refractivity contribution >= 4 is 0 Å². The van der Waals surface area contributed by atoms with E-state index in [9.17, 15) is 14.7 Å². The van der Waals surface area contributed by atoms with Crippen LogP contribution in [0.15, 0.2) is 131 Å². The van der Waals surface area contributed by atoms with Gasteiger partial charge in [-0.05, 0) is 22.3 Å². The molecule has 5 rings (SSSR count). The Morgan fingerprint density at radius 2 is 0.943 bits per heavy atom. The second-order valence-electron chi connectivity index (χ2n) is 8.34. The Labute approximate surface area is 202 Å². The molecule has 0 aliphatic heterocycles. The van der Waals surface area contributed by atoms with Crippen LogP contribution in [0.4, 0.5) is 0 Å². The molecule has 0 unspecified atom stereocenters. The molecule has 0 saturated heterocycles. The summed E-state index contributed by atoms with van der Waals surface area (Å²) in [6, 6.07) is 37.3. The fraction of sp³-hybridized carbons (Fsp3) is 0.0667. The Balaban J connectivity index is 1.81. The molecule has 0 saturated carbocycles. The Kier molecular flexibility index (Phi) is 6.14. The summed E-state index contributed by atoms with van der Waals surface area (Å²) in [7, 11) is 0. The van der Waals surface area contributed by atoms with E-state index in [1.807, 2.05) is 121 Å². The quantitative estimate of drug-likeness (QED) is 0.372. The summed E-state index contributed by atoms with van der Waals surface area (Å²) in [6.07, 6.45) is 0. The molecule has 4 aromatic carbocycles. The van der Waals surface area contributed by atoms with Gasteiger partial charge in [-0.3, -0.25) is 14.3 Å². The summed E-state index contributed by atoms with van der Waals surface area (Å²) in [5.74, 6) is -0.922. The van der Waals surface area contributed by atoms with Crippen molar-refractivity contribution in [3.8, 4) is 5.88 Å². The molecule has 0 bridgehead atoms. The lowest BCUT2D eigenvalue weighted by molar-refractivity contribution is 0.387. The molecule has 0 atom stereocenters. The second-order valence-corrected chi connectivity index (χ2v) is 8.34. The second kappa shape index (κ2) is 9.69. The van der Waals surface area contributed by atoms with Crippen LogP contribution in [0.2, 0.25) is 0 Å². The minimum Gasteiger partial charge on any atom is -0.494 e. The third-order valence-electron chi connectivity index (χ3n) is 6.20. The average molecular weight is 461 g/mol. The number of nitrogens with one attached hydrogen (secondary N) is 1. The molecule has 0 aliphatic carbocycles. The zero-order valence-corrected chi connectivity index (χ0v) is 18.9. The van der Waals surface area contributed by atoms with Crippen LogP contribution in [-0.2, 0) is 0 Å².